The fourth-order valence-corrected chi connectivity index (χ4v) is 4.23. The van der Waals surface area contributed by atoms with Crippen molar-refractivity contribution in [2.75, 3.05) is 16.8 Å². The van der Waals surface area contributed by atoms with Gasteiger partial charge < -0.3 is 10.4 Å². The van der Waals surface area contributed by atoms with E-state index in [4.69, 9.17) is 5.11 Å². The lowest BCUT2D eigenvalue weighted by Crippen LogP contribution is -2.23. The van der Waals surface area contributed by atoms with Crippen molar-refractivity contribution in [2.24, 2.45) is 0 Å². The molecule has 0 radical (unpaired) electrons. The first-order valence-electron chi connectivity index (χ1n) is 11.5. The van der Waals surface area contributed by atoms with Crippen LogP contribution in [0, 0.1) is 0 Å². The van der Waals surface area contributed by atoms with Crippen molar-refractivity contribution in [3.8, 4) is 0 Å². The van der Waals surface area contributed by atoms with Crippen LogP contribution in [0.15, 0.2) is 65.7 Å². The third kappa shape index (κ3) is 8.84. The number of carboxylic acid groups (broad SMARTS) is 1. The van der Waals surface area contributed by atoms with Crippen LogP contribution in [-0.2, 0) is 25.1 Å². The summed E-state index contributed by atoms with van der Waals surface area (Å²) >= 11 is 0. The Morgan fingerprint density at radius 3 is 2.34 bits per heavy atom. The average Bonchev–Trinajstić information content (AvgIpc) is 2.78. The van der Waals surface area contributed by atoms with Gasteiger partial charge in [-0.25, -0.2) is 0 Å². The van der Waals surface area contributed by atoms with Crippen LogP contribution in [0.2, 0.25) is 0 Å². The van der Waals surface area contributed by atoms with Crippen molar-refractivity contribution in [2.45, 2.75) is 63.2 Å². The van der Waals surface area contributed by atoms with E-state index in [2.05, 4.69) is 5.32 Å². The summed E-state index contributed by atoms with van der Waals surface area (Å²) in [5.74, 6) is -0.949. The lowest BCUT2D eigenvalue weighted by molar-refractivity contribution is -0.137. The molecule has 0 aromatic heterocycles. The summed E-state index contributed by atoms with van der Waals surface area (Å²) in [4.78, 5) is 24.2. The number of carbonyl (C=O) groups is 2. The number of nitrogens with one attached hydrogen (secondary N) is 1. The zero-order valence-corrected chi connectivity index (χ0v) is 21.2. The highest BCUT2D eigenvalue weighted by molar-refractivity contribution is 7.85. The molecule has 3 N–H and O–H groups in total. The molecular formula is C26H34N2O6S. The van der Waals surface area contributed by atoms with Gasteiger partial charge in [0, 0.05) is 37.5 Å². The third-order valence-corrected chi connectivity index (χ3v) is 6.51. The molecule has 2 rings (SSSR count). The number of nitrogens with zero attached hydrogens (tertiary/aromatic N) is 1. The molecule has 0 saturated carbocycles. The maximum absolute atomic E-state index is 12.1. The van der Waals surface area contributed by atoms with Gasteiger partial charge in [0.2, 0.25) is 5.91 Å². The van der Waals surface area contributed by atoms with Gasteiger partial charge >= 0.3 is 5.97 Å². The van der Waals surface area contributed by atoms with E-state index < -0.39 is 21.5 Å². The standard InChI is InChI=1S/C26H34N2O6S/c1-20(29)28(21-11-6-4-7-12-21)18-10-16-26(2,3)23-19-22(35(32,33)34)14-15-24(23)27-17-9-5-8-13-25(30)31/h4,6-7,10-12,14-15,18-19,27H,5,8-9,13,16-17H2,1-3H3,(H,30,31)(H,32,33,34)/b18-10+. The molecule has 35 heavy (non-hydrogen) atoms. The van der Waals surface area contributed by atoms with Gasteiger partial charge in [-0.2, -0.15) is 8.42 Å². The number of rotatable bonds is 13. The van der Waals surface area contributed by atoms with Crippen molar-refractivity contribution in [3.05, 3.63) is 66.4 Å². The van der Waals surface area contributed by atoms with Gasteiger partial charge in [-0.15, -0.1) is 0 Å². The third-order valence-electron chi connectivity index (χ3n) is 5.66. The van der Waals surface area contributed by atoms with Gasteiger partial charge in [0.25, 0.3) is 10.1 Å². The van der Waals surface area contributed by atoms with Crippen LogP contribution in [0.25, 0.3) is 0 Å². The first-order valence-corrected chi connectivity index (χ1v) is 12.9. The number of anilines is 2. The quantitative estimate of drug-likeness (QED) is 0.253. The second kappa shape index (κ2) is 12.5. The Balaban J connectivity index is 2.22. The van der Waals surface area contributed by atoms with E-state index in [1.165, 1.54) is 19.1 Å². The Bertz CT molecular complexity index is 1140. The van der Waals surface area contributed by atoms with Crippen molar-refractivity contribution in [1.29, 1.82) is 0 Å². The number of carbonyl (C=O) groups excluding carboxylic acids is 1. The maximum Gasteiger partial charge on any atom is 0.303 e. The molecule has 0 spiro atoms. The van der Waals surface area contributed by atoms with Crippen molar-refractivity contribution in [1.82, 2.24) is 0 Å². The Hall–Kier alpha value is -3.17. The van der Waals surface area contributed by atoms with Crippen LogP contribution in [0.1, 0.15) is 58.4 Å². The molecule has 0 aliphatic carbocycles. The van der Waals surface area contributed by atoms with Crippen LogP contribution >= 0.6 is 0 Å². The molecule has 190 valence electrons. The summed E-state index contributed by atoms with van der Waals surface area (Å²) in [5.41, 5.74) is 1.65. The van der Waals surface area contributed by atoms with Crippen molar-refractivity contribution < 1.29 is 27.7 Å². The molecular weight excluding hydrogens is 468 g/mol. The largest absolute Gasteiger partial charge is 0.481 e. The minimum absolute atomic E-state index is 0.133. The molecule has 2 aromatic carbocycles. The lowest BCUT2D eigenvalue weighted by Gasteiger charge is -2.28. The summed E-state index contributed by atoms with van der Waals surface area (Å²) in [5, 5.41) is 12.1. The molecule has 0 saturated heterocycles. The Kier molecular flexibility index (Phi) is 10.0. The number of carboxylic acids is 1. The minimum Gasteiger partial charge on any atom is -0.481 e. The highest BCUT2D eigenvalue weighted by Gasteiger charge is 2.25. The minimum atomic E-state index is -4.38. The zero-order chi connectivity index (χ0) is 26.1. The van der Waals surface area contributed by atoms with E-state index in [1.54, 1.807) is 17.2 Å². The van der Waals surface area contributed by atoms with Crippen LogP contribution < -0.4 is 10.2 Å². The molecule has 0 atom stereocenters. The molecule has 8 nitrogen and oxygen atoms in total. The first kappa shape index (κ1) is 28.1. The van der Waals surface area contributed by atoms with Crippen LogP contribution in [0.5, 0.6) is 0 Å². The van der Waals surface area contributed by atoms with Gasteiger partial charge in [0.05, 0.1) is 4.90 Å². The Morgan fingerprint density at radius 2 is 1.74 bits per heavy atom. The maximum atomic E-state index is 12.1. The number of benzene rings is 2. The predicted octanol–water partition coefficient (Wildman–Crippen LogP) is 5.22. The Labute approximate surface area is 207 Å². The fourth-order valence-electron chi connectivity index (χ4n) is 3.72. The van der Waals surface area contributed by atoms with E-state index in [0.717, 1.165) is 24.2 Å². The molecule has 0 unspecified atom stereocenters. The number of unbranched alkanes of at least 4 members (excludes halogenated alkanes) is 2. The molecule has 0 aliphatic rings. The van der Waals surface area contributed by atoms with Crippen LogP contribution in [-0.4, -0.2) is 36.5 Å². The summed E-state index contributed by atoms with van der Waals surface area (Å²) in [6.07, 6.45) is 6.31. The van der Waals surface area contributed by atoms with E-state index in [-0.39, 0.29) is 17.2 Å². The Morgan fingerprint density at radius 1 is 1.06 bits per heavy atom. The van der Waals surface area contributed by atoms with Gasteiger partial charge in [-0.3, -0.25) is 19.0 Å². The lowest BCUT2D eigenvalue weighted by atomic mass is 9.80. The summed E-state index contributed by atoms with van der Waals surface area (Å²) in [6, 6.07) is 13.7. The predicted molar refractivity (Wildman–Crippen MR) is 137 cm³/mol. The van der Waals surface area contributed by atoms with E-state index in [9.17, 15) is 22.6 Å². The molecule has 0 heterocycles. The summed E-state index contributed by atoms with van der Waals surface area (Å²) < 4.78 is 33.1. The SMILES string of the molecule is CC(=O)N(/C=C/CC(C)(C)c1cc(S(=O)(=O)O)ccc1NCCCCCC(=O)O)c1ccccc1. The molecule has 0 aliphatic heterocycles. The highest BCUT2D eigenvalue weighted by Crippen LogP contribution is 2.35. The summed E-state index contributed by atoms with van der Waals surface area (Å²) in [6.45, 7) is 5.99. The number of aliphatic carboxylic acids is 1. The van der Waals surface area contributed by atoms with Gasteiger partial charge in [-0.05, 0) is 60.6 Å². The number of hydrogen-bond donors (Lipinski definition) is 3. The normalized spacial score (nSPS) is 12.0. The van der Waals surface area contributed by atoms with E-state index >= 15 is 0 Å². The fraction of sp³-hybridized carbons (Fsp3) is 0.385. The van der Waals surface area contributed by atoms with Crippen molar-refractivity contribution >= 4 is 33.4 Å². The van der Waals surface area contributed by atoms with Gasteiger partial charge in [0.15, 0.2) is 0 Å². The smallest absolute Gasteiger partial charge is 0.303 e. The van der Waals surface area contributed by atoms with Crippen molar-refractivity contribution in [3.63, 3.8) is 0 Å². The number of amides is 1. The zero-order valence-electron chi connectivity index (χ0n) is 20.4. The number of para-hydroxylation sites is 1. The highest BCUT2D eigenvalue weighted by atomic mass is 32.2. The molecule has 0 bridgehead atoms. The summed E-state index contributed by atoms with van der Waals surface area (Å²) in [7, 11) is -4.38. The monoisotopic (exact) mass is 502 g/mol. The van der Waals surface area contributed by atoms with Gasteiger partial charge in [0.1, 0.15) is 0 Å². The van der Waals surface area contributed by atoms with Crippen LogP contribution in [0.4, 0.5) is 11.4 Å². The molecule has 0 fully saturated rings. The molecule has 1 amide bonds. The average molecular weight is 503 g/mol. The molecule has 9 heteroatoms. The van der Waals surface area contributed by atoms with E-state index in [0.29, 0.717) is 24.9 Å². The second-order valence-corrected chi connectivity index (χ2v) is 10.4. The second-order valence-electron chi connectivity index (χ2n) is 9.01. The number of hydrogen-bond acceptors (Lipinski definition) is 5. The van der Waals surface area contributed by atoms with Crippen LogP contribution in [0.3, 0.4) is 0 Å². The van der Waals surface area contributed by atoms with E-state index in [1.807, 2.05) is 50.3 Å². The topological polar surface area (TPSA) is 124 Å². The molecule has 2 aromatic rings. The number of allylic oxidation sites excluding steroid dienone is 1. The first-order chi connectivity index (χ1) is 16.4. The van der Waals surface area contributed by atoms with Gasteiger partial charge in [-0.1, -0.05) is 44.5 Å².